The Bertz CT molecular complexity index is 787. The van der Waals surface area contributed by atoms with Crippen molar-refractivity contribution in [2.45, 2.75) is 38.9 Å². The number of rotatable bonds is 3. The Kier molecular flexibility index (Phi) is 4.91. The number of carbonyl (C=O) groups is 1. The van der Waals surface area contributed by atoms with Gasteiger partial charge in [0.15, 0.2) is 0 Å². The molecule has 2 atom stereocenters. The third-order valence-electron chi connectivity index (χ3n) is 5.08. The first-order valence-corrected chi connectivity index (χ1v) is 8.71. The van der Waals surface area contributed by atoms with E-state index in [9.17, 15) is 9.18 Å². The van der Waals surface area contributed by atoms with E-state index in [1.807, 2.05) is 24.3 Å². The van der Waals surface area contributed by atoms with Crippen molar-refractivity contribution in [1.82, 2.24) is 9.80 Å². The van der Waals surface area contributed by atoms with E-state index in [1.54, 1.807) is 31.1 Å². The lowest BCUT2D eigenvalue weighted by Gasteiger charge is -2.40. The van der Waals surface area contributed by atoms with E-state index >= 15 is 0 Å². The Hall–Kier alpha value is -2.20. The number of hydrogen-bond acceptors (Lipinski definition) is 2. The summed E-state index contributed by atoms with van der Waals surface area (Å²) >= 11 is 0. The summed E-state index contributed by atoms with van der Waals surface area (Å²) in [5.41, 5.74) is 4.13. The number of fused-ring (bicyclic) bond motifs is 1. The van der Waals surface area contributed by atoms with Gasteiger partial charge >= 0.3 is 0 Å². The summed E-state index contributed by atoms with van der Waals surface area (Å²) in [5.74, 6) is -0.149. The monoisotopic (exact) mass is 340 g/mol. The minimum absolute atomic E-state index is 0.0161. The molecule has 3 nitrogen and oxygen atoms in total. The smallest absolute Gasteiger partial charge is 0.253 e. The van der Waals surface area contributed by atoms with Crippen LogP contribution in [0.4, 0.5) is 4.39 Å². The molecular weight excluding hydrogens is 315 g/mol. The quantitative estimate of drug-likeness (QED) is 0.842. The largest absolute Gasteiger partial charge is 0.345 e. The van der Waals surface area contributed by atoms with Gasteiger partial charge in [-0.1, -0.05) is 18.2 Å². The minimum atomic E-state index is -0.165. The highest BCUT2D eigenvalue weighted by molar-refractivity contribution is 5.94. The summed E-state index contributed by atoms with van der Waals surface area (Å²) in [6.45, 7) is 5.12. The van der Waals surface area contributed by atoms with Crippen molar-refractivity contribution in [2.24, 2.45) is 0 Å². The van der Waals surface area contributed by atoms with Crippen LogP contribution in [0.5, 0.6) is 0 Å². The first-order valence-electron chi connectivity index (χ1n) is 8.71. The molecule has 0 fully saturated rings. The molecule has 1 amide bonds. The van der Waals surface area contributed by atoms with Gasteiger partial charge in [0, 0.05) is 38.3 Å². The van der Waals surface area contributed by atoms with Crippen LogP contribution in [0, 0.1) is 5.82 Å². The topological polar surface area (TPSA) is 23.6 Å². The molecule has 1 aliphatic rings. The molecular formula is C21H25FN2O. The van der Waals surface area contributed by atoms with Crippen molar-refractivity contribution in [3.05, 3.63) is 70.5 Å². The second kappa shape index (κ2) is 6.96. The average molecular weight is 340 g/mol. The Labute approximate surface area is 149 Å². The van der Waals surface area contributed by atoms with Crippen LogP contribution in [0.25, 0.3) is 0 Å². The first kappa shape index (κ1) is 17.6. The Morgan fingerprint density at radius 3 is 2.68 bits per heavy atom. The van der Waals surface area contributed by atoms with Crippen molar-refractivity contribution < 1.29 is 9.18 Å². The second-order valence-corrected chi connectivity index (χ2v) is 7.14. The zero-order chi connectivity index (χ0) is 18.1. The molecule has 1 heterocycles. The molecule has 0 bridgehead atoms. The SMILES string of the molecule is C[C@@H]1Cc2cc(F)ccc2[C@H](C)N1Cc1cccc(C(=O)N(C)C)c1. The molecule has 0 N–H and O–H groups in total. The average Bonchev–Trinajstić information content (AvgIpc) is 2.57. The number of halogens is 1. The van der Waals surface area contributed by atoms with Gasteiger partial charge in [0.2, 0.25) is 0 Å². The van der Waals surface area contributed by atoms with Crippen molar-refractivity contribution in [3.63, 3.8) is 0 Å². The van der Waals surface area contributed by atoms with Crippen LogP contribution in [0.3, 0.4) is 0 Å². The summed E-state index contributed by atoms with van der Waals surface area (Å²) in [4.78, 5) is 16.2. The van der Waals surface area contributed by atoms with E-state index in [0.29, 0.717) is 11.6 Å². The lowest BCUT2D eigenvalue weighted by molar-refractivity contribution is 0.0827. The number of nitrogens with zero attached hydrogens (tertiary/aromatic N) is 2. The molecule has 4 heteroatoms. The van der Waals surface area contributed by atoms with Gasteiger partial charge in [0.05, 0.1) is 0 Å². The van der Waals surface area contributed by atoms with Crippen LogP contribution < -0.4 is 0 Å². The fourth-order valence-electron chi connectivity index (χ4n) is 3.72. The summed E-state index contributed by atoms with van der Waals surface area (Å²) in [7, 11) is 3.53. The number of amides is 1. The van der Waals surface area contributed by atoms with E-state index in [4.69, 9.17) is 0 Å². The molecule has 0 saturated carbocycles. The summed E-state index contributed by atoms with van der Waals surface area (Å²) in [6.07, 6.45) is 0.841. The predicted molar refractivity (Wildman–Crippen MR) is 98.0 cm³/mol. The third kappa shape index (κ3) is 3.59. The molecule has 132 valence electrons. The highest BCUT2D eigenvalue weighted by Gasteiger charge is 2.29. The first-order chi connectivity index (χ1) is 11.9. The van der Waals surface area contributed by atoms with Crippen molar-refractivity contribution in [2.75, 3.05) is 14.1 Å². The van der Waals surface area contributed by atoms with Crippen molar-refractivity contribution >= 4 is 5.91 Å². The number of hydrogen-bond donors (Lipinski definition) is 0. The maximum atomic E-state index is 13.5. The van der Waals surface area contributed by atoms with Gasteiger partial charge < -0.3 is 4.90 Å². The molecule has 2 aromatic rings. The predicted octanol–water partition coefficient (Wildman–Crippen LogP) is 4.04. The highest BCUT2D eigenvalue weighted by Crippen LogP contribution is 2.34. The van der Waals surface area contributed by atoms with E-state index in [2.05, 4.69) is 24.8 Å². The maximum absolute atomic E-state index is 13.5. The summed E-state index contributed by atoms with van der Waals surface area (Å²) < 4.78 is 13.5. The second-order valence-electron chi connectivity index (χ2n) is 7.14. The molecule has 2 aromatic carbocycles. The van der Waals surface area contributed by atoms with Crippen molar-refractivity contribution in [3.8, 4) is 0 Å². The highest BCUT2D eigenvalue weighted by atomic mass is 19.1. The normalized spacial score (nSPS) is 20.2. The maximum Gasteiger partial charge on any atom is 0.253 e. The summed E-state index contributed by atoms with van der Waals surface area (Å²) in [5, 5.41) is 0. The third-order valence-corrected chi connectivity index (χ3v) is 5.08. The van der Waals surface area contributed by atoms with Gasteiger partial charge in [-0.3, -0.25) is 9.69 Å². The molecule has 0 spiro atoms. The van der Waals surface area contributed by atoms with E-state index in [-0.39, 0.29) is 17.8 Å². The summed E-state index contributed by atoms with van der Waals surface area (Å²) in [6, 6.07) is 13.5. The molecule has 0 unspecified atom stereocenters. The van der Waals surface area contributed by atoms with Crippen LogP contribution in [-0.2, 0) is 13.0 Å². The van der Waals surface area contributed by atoms with Crippen LogP contribution in [0.15, 0.2) is 42.5 Å². The van der Waals surface area contributed by atoms with Gasteiger partial charge in [0.1, 0.15) is 5.82 Å². The Morgan fingerprint density at radius 1 is 1.20 bits per heavy atom. The molecule has 0 aromatic heterocycles. The Balaban J connectivity index is 1.84. The molecule has 0 saturated heterocycles. The van der Waals surface area contributed by atoms with Gasteiger partial charge in [-0.2, -0.15) is 0 Å². The molecule has 3 rings (SSSR count). The van der Waals surface area contributed by atoms with Gasteiger partial charge in [-0.15, -0.1) is 0 Å². The van der Waals surface area contributed by atoms with Crippen molar-refractivity contribution in [1.29, 1.82) is 0 Å². The van der Waals surface area contributed by atoms with Gasteiger partial charge in [0.25, 0.3) is 5.91 Å². The van der Waals surface area contributed by atoms with Crippen LogP contribution in [0.1, 0.15) is 46.9 Å². The fourth-order valence-corrected chi connectivity index (χ4v) is 3.72. The van der Waals surface area contributed by atoms with Crippen LogP contribution in [-0.4, -0.2) is 35.8 Å². The molecule has 0 radical (unpaired) electrons. The molecule has 0 aliphatic carbocycles. The molecule has 1 aliphatic heterocycles. The molecule has 25 heavy (non-hydrogen) atoms. The Morgan fingerprint density at radius 2 is 1.96 bits per heavy atom. The zero-order valence-electron chi connectivity index (χ0n) is 15.3. The zero-order valence-corrected chi connectivity index (χ0v) is 15.3. The van der Waals surface area contributed by atoms with Crippen LogP contribution in [0.2, 0.25) is 0 Å². The number of benzene rings is 2. The fraction of sp³-hybridized carbons (Fsp3) is 0.381. The van der Waals surface area contributed by atoms with Crippen LogP contribution >= 0.6 is 0 Å². The van der Waals surface area contributed by atoms with E-state index in [0.717, 1.165) is 24.1 Å². The minimum Gasteiger partial charge on any atom is -0.345 e. The lowest BCUT2D eigenvalue weighted by Crippen LogP contribution is -2.40. The van der Waals surface area contributed by atoms with E-state index < -0.39 is 0 Å². The van der Waals surface area contributed by atoms with Gasteiger partial charge in [-0.25, -0.2) is 4.39 Å². The van der Waals surface area contributed by atoms with E-state index in [1.165, 1.54) is 5.56 Å². The van der Waals surface area contributed by atoms with Gasteiger partial charge in [-0.05, 0) is 61.2 Å². The standard InChI is InChI=1S/C21H25FN2O/c1-14-10-18-12-19(22)8-9-20(18)15(2)24(14)13-16-6-5-7-17(11-16)21(25)23(3)4/h5-9,11-12,14-15H,10,13H2,1-4H3/t14-,15+/m1/s1. The number of carbonyl (C=O) groups excluding carboxylic acids is 1. The lowest BCUT2D eigenvalue weighted by atomic mass is 9.89.